The number of aromatic nitrogens is 1. The molecule has 2 rings (SSSR count). The lowest BCUT2D eigenvalue weighted by Crippen LogP contribution is -2.51. The minimum absolute atomic E-state index is 0.0595. The molecule has 1 atom stereocenters. The Morgan fingerprint density at radius 2 is 2.35 bits per heavy atom. The van der Waals surface area contributed by atoms with Crippen molar-refractivity contribution in [3.63, 3.8) is 0 Å². The molecule has 17 heavy (non-hydrogen) atoms. The average Bonchev–Trinajstić information content (AvgIpc) is 2.29. The van der Waals surface area contributed by atoms with E-state index in [1.165, 1.54) is 16.6 Å². The minimum Gasteiger partial charge on any atom is -0.312 e. The molecule has 1 saturated heterocycles. The molecule has 0 unspecified atom stereocenters. The minimum atomic E-state index is -3.58. The highest BCUT2D eigenvalue weighted by atomic mass is 35.5. The molecule has 1 aromatic rings. The largest absolute Gasteiger partial charge is 0.312 e. The number of sulfonamides is 1. The summed E-state index contributed by atoms with van der Waals surface area (Å²) in [6.45, 7) is 3.47. The molecule has 0 aromatic carbocycles. The van der Waals surface area contributed by atoms with Crippen LogP contribution in [-0.4, -0.2) is 43.4 Å². The molecule has 5 nitrogen and oxygen atoms in total. The second-order valence-electron chi connectivity index (χ2n) is 4.01. The standard InChI is InChI=1S/C10H14ClN3O2S/c1-8-7-14(6-5-12-8)17(15,16)10-9(11)3-2-4-13-10/h2-4,8,12H,5-7H2,1H3/t8-/m0/s1. The van der Waals surface area contributed by atoms with Crippen LogP contribution in [0, 0.1) is 0 Å². The summed E-state index contributed by atoms with van der Waals surface area (Å²) in [5.41, 5.74) is 0. The summed E-state index contributed by atoms with van der Waals surface area (Å²) >= 11 is 5.88. The zero-order valence-corrected chi connectivity index (χ0v) is 11.0. The van der Waals surface area contributed by atoms with Gasteiger partial charge in [-0.05, 0) is 19.1 Å². The maximum absolute atomic E-state index is 12.3. The van der Waals surface area contributed by atoms with Gasteiger partial charge in [0.15, 0.2) is 5.03 Å². The molecular weight excluding hydrogens is 262 g/mol. The number of piperazine rings is 1. The zero-order chi connectivity index (χ0) is 12.5. The van der Waals surface area contributed by atoms with Gasteiger partial charge in [0.2, 0.25) is 0 Å². The molecule has 1 N–H and O–H groups in total. The molecule has 1 fully saturated rings. The molecule has 0 saturated carbocycles. The van der Waals surface area contributed by atoms with E-state index in [1.54, 1.807) is 6.07 Å². The maximum atomic E-state index is 12.3. The van der Waals surface area contributed by atoms with E-state index in [9.17, 15) is 8.42 Å². The molecule has 0 spiro atoms. The van der Waals surface area contributed by atoms with E-state index in [1.807, 2.05) is 6.92 Å². The van der Waals surface area contributed by atoms with E-state index in [-0.39, 0.29) is 16.1 Å². The van der Waals surface area contributed by atoms with E-state index in [2.05, 4.69) is 10.3 Å². The fourth-order valence-electron chi connectivity index (χ4n) is 1.80. The number of halogens is 1. The molecule has 0 aliphatic carbocycles. The zero-order valence-electron chi connectivity index (χ0n) is 9.43. The summed E-state index contributed by atoms with van der Waals surface area (Å²) in [6, 6.07) is 3.29. The molecule has 0 amide bonds. The summed E-state index contributed by atoms with van der Waals surface area (Å²) in [7, 11) is -3.58. The fourth-order valence-corrected chi connectivity index (χ4v) is 3.72. The van der Waals surface area contributed by atoms with Crippen molar-refractivity contribution in [2.75, 3.05) is 19.6 Å². The fraction of sp³-hybridized carbons (Fsp3) is 0.500. The van der Waals surface area contributed by atoms with Gasteiger partial charge in [-0.2, -0.15) is 4.31 Å². The monoisotopic (exact) mass is 275 g/mol. The third-order valence-electron chi connectivity index (χ3n) is 2.64. The van der Waals surface area contributed by atoms with Crippen molar-refractivity contribution in [3.8, 4) is 0 Å². The Labute approximate surface area is 106 Å². The van der Waals surface area contributed by atoms with Gasteiger partial charge in [-0.25, -0.2) is 13.4 Å². The molecule has 1 aromatic heterocycles. The normalized spacial score (nSPS) is 22.6. The van der Waals surface area contributed by atoms with E-state index in [4.69, 9.17) is 11.6 Å². The van der Waals surface area contributed by atoms with E-state index in [0.717, 1.165) is 0 Å². The number of hydrogen-bond acceptors (Lipinski definition) is 4. The summed E-state index contributed by atoms with van der Waals surface area (Å²) in [6.07, 6.45) is 1.43. The van der Waals surface area contributed by atoms with Gasteiger partial charge in [0.25, 0.3) is 10.0 Å². The van der Waals surface area contributed by atoms with Crippen LogP contribution in [0.1, 0.15) is 6.92 Å². The first-order valence-corrected chi connectivity index (χ1v) is 7.17. The topological polar surface area (TPSA) is 62.3 Å². The lowest BCUT2D eigenvalue weighted by Gasteiger charge is -2.30. The first kappa shape index (κ1) is 12.8. The smallest absolute Gasteiger partial charge is 0.262 e. The predicted molar refractivity (Wildman–Crippen MR) is 65.5 cm³/mol. The third kappa shape index (κ3) is 2.60. The molecule has 0 radical (unpaired) electrons. The summed E-state index contributed by atoms with van der Waals surface area (Å²) < 4.78 is 26.0. The van der Waals surface area contributed by atoms with Crippen molar-refractivity contribution in [1.29, 1.82) is 0 Å². The Balaban J connectivity index is 2.33. The van der Waals surface area contributed by atoms with Crippen LogP contribution in [-0.2, 0) is 10.0 Å². The third-order valence-corrected chi connectivity index (χ3v) is 4.88. The second-order valence-corrected chi connectivity index (χ2v) is 6.27. The SMILES string of the molecule is C[C@H]1CN(S(=O)(=O)c2ncccc2Cl)CCN1. The van der Waals surface area contributed by atoms with Crippen LogP contribution >= 0.6 is 11.6 Å². The van der Waals surface area contributed by atoms with Crippen molar-refractivity contribution in [1.82, 2.24) is 14.6 Å². The lowest BCUT2D eigenvalue weighted by molar-refractivity contribution is 0.309. The molecule has 94 valence electrons. The summed E-state index contributed by atoms with van der Waals surface area (Å²) in [5.74, 6) is 0. The molecule has 1 aliphatic rings. The van der Waals surface area contributed by atoms with Gasteiger partial charge < -0.3 is 5.32 Å². The Kier molecular flexibility index (Phi) is 3.67. The Hall–Kier alpha value is -0.690. The van der Waals surface area contributed by atoms with Gasteiger partial charge in [0, 0.05) is 31.9 Å². The Morgan fingerprint density at radius 3 is 3.00 bits per heavy atom. The van der Waals surface area contributed by atoms with Crippen LogP contribution in [0.2, 0.25) is 5.02 Å². The lowest BCUT2D eigenvalue weighted by atomic mass is 10.3. The highest BCUT2D eigenvalue weighted by Crippen LogP contribution is 2.22. The first-order valence-electron chi connectivity index (χ1n) is 5.36. The summed E-state index contributed by atoms with van der Waals surface area (Å²) in [4.78, 5) is 3.87. The summed E-state index contributed by atoms with van der Waals surface area (Å²) in [5, 5.41) is 3.30. The van der Waals surface area contributed by atoms with Gasteiger partial charge in [0.1, 0.15) is 0 Å². The highest BCUT2D eigenvalue weighted by molar-refractivity contribution is 7.89. The average molecular weight is 276 g/mol. The Morgan fingerprint density at radius 1 is 1.59 bits per heavy atom. The Bertz CT molecular complexity index is 506. The van der Waals surface area contributed by atoms with Crippen molar-refractivity contribution < 1.29 is 8.42 Å². The van der Waals surface area contributed by atoms with Crippen molar-refractivity contribution in [3.05, 3.63) is 23.4 Å². The van der Waals surface area contributed by atoms with E-state index >= 15 is 0 Å². The number of rotatable bonds is 2. The molecule has 1 aliphatic heterocycles. The highest BCUT2D eigenvalue weighted by Gasteiger charge is 2.30. The second kappa shape index (κ2) is 4.89. The predicted octanol–water partition coefficient (Wildman–Crippen LogP) is 0.717. The van der Waals surface area contributed by atoms with Crippen LogP contribution in [0.15, 0.2) is 23.4 Å². The molecule has 0 bridgehead atoms. The molecule has 2 heterocycles. The van der Waals surface area contributed by atoms with Gasteiger partial charge in [-0.3, -0.25) is 0 Å². The van der Waals surface area contributed by atoms with Gasteiger partial charge in [-0.1, -0.05) is 11.6 Å². The van der Waals surface area contributed by atoms with Crippen LogP contribution in [0.3, 0.4) is 0 Å². The number of pyridine rings is 1. The van der Waals surface area contributed by atoms with Crippen LogP contribution in [0.4, 0.5) is 0 Å². The number of nitrogens with zero attached hydrogens (tertiary/aromatic N) is 2. The van der Waals surface area contributed by atoms with Crippen LogP contribution in [0.25, 0.3) is 0 Å². The maximum Gasteiger partial charge on any atom is 0.262 e. The van der Waals surface area contributed by atoms with Crippen molar-refractivity contribution in [2.45, 2.75) is 18.0 Å². The van der Waals surface area contributed by atoms with Crippen LogP contribution < -0.4 is 5.32 Å². The quantitative estimate of drug-likeness (QED) is 0.864. The number of nitrogens with one attached hydrogen (secondary N) is 1. The number of hydrogen-bond donors (Lipinski definition) is 1. The van der Waals surface area contributed by atoms with Crippen LogP contribution in [0.5, 0.6) is 0 Å². The van der Waals surface area contributed by atoms with Gasteiger partial charge in [-0.15, -0.1) is 0 Å². The van der Waals surface area contributed by atoms with E-state index < -0.39 is 10.0 Å². The van der Waals surface area contributed by atoms with Gasteiger partial charge in [0.05, 0.1) is 5.02 Å². The molecule has 7 heteroatoms. The van der Waals surface area contributed by atoms with Crippen molar-refractivity contribution >= 4 is 21.6 Å². The molecular formula is C10H14ClN3O2S. The van der Waals surface area contributed by atoms with Crippen molar-refractivity contribution in [2.24, 2.45) is 0 Å². The van der Waals surface area contributed by atoms with E-state index in [0.29, 0.717) is 19.6 Å². The van der Waals surface area contributed by atoms with Gasteiger partial charge >= 0.3 is 0 Å². The first-order chi connectivity index (χ1) is 8.01.